The lowest BCUT2D eigenvalue weighted by Crippen LogP contribution is -2.33. The van der Waals surface area contributed by atoms with Crippen LogP contribution in [0.2, 0.25) is 0 Å². The van der Waals surface area contributed by atoms with Gasteiger partial charge in [0.2, 0.25) is 5.76 Å². The van der Waals surface area contributed by atoms with E-state index in [0.29, 0.717) is 56.9 Å². The minimum Gasteiger partial charge on any atom is -0.493 e. The number of nitrogens with one attached hydrogen (secondary N) is 1. The van der Waals surface area contributed by atoms with Gasteiger partial charge in [-0.1, -0.05) is 57.5 Å². The van der Waals surface area contributed by atoms with Gasteiger partial charge in [0.05, 0.1) is 49.2 Å². The van der Waals surface area contributed by atoms with E-state index in [4.69, 9.17) is 59.7 Å². The number of carbonyl (C=O) groups is 2. The lowest BCUT2D eigenvalue weighted by atomic mass is 9.86. The standard InChI is InChI=1S/C42H59N7O17S/c1-31(38-44-22-15-23-45-38)46-39(59-28-29-62-40(50)60-24-11-5-7-13-26-64-48(52)53)36(66-35-17-10-9-16-34(35)58-4)37(43)47-67(56,57)33-20-18-32(19-21-33)42(2,3)30-63-41(51)61-25-12-6-8-14-27-65-49(54)55/h9-10,15-23,47,52-55H,1,5-8,11-14,24-30,43H2,2-4H3/b37-36-,46-39+. The maximum absolute atomic E-state index is 13.9. The van der Waals surface area contributed by atoms with E-state index >= 15 is 0 Å². The van der Waals surface area contributed by atoms with Crippen molar-refractivity contribution >= 4 is 33.9 Å². The molecule has 0 bridgehead atoms. The second kappa shape index (κ2) is 29.5. The van der Waals surface area contributed by atoms with Crippen LogP contribution in [-0.2, 0) is 48.8 Å². The third-order valence-electron chi connectivity index (χ3n) is 8.99. The molecular formula is C42H59N7O17S. The molecule has 0 unspecified atom stereocenters. The Morgan fingerprint density at radius 1 is 0.716 bits per heavy atom. The van der Waals surface area contributed by atoms with Crippen molar-refractivity contribution in [3.8, 4) is 11.5 Å². The fourth-order valence-corrected chi connectivity index (χ4v) is 6.51. The maximum Gasteiger partial charge on any atom is 0.508 e. The number of aromatic nitrogens is 2. The Morgan fingerprint density at radius 3 is 1.78 bits per heavy atom. The third kappa shape index (κ3) is 21.3. The van der Waals surface area contributed by atoms with Crippen LogP contribution in [0.1, 0.15) is 76.6 Å². The van der Waals surface area contributed by atoms with Crippen molar-refractivity contribution < 1.29 is 81.7 Å². The van der Waals surface area contributed by atoms with Crippen LogP contribution in [-0.4, -0.2) is 122 Å². The van der Waals surface area contributed by atoms with E-state index in [1.807, 2.05) is 0 Å². The molecule has 0 fully saturated rings. The average molecular weight is 966 g/mol. The molecule has 0 saturated heterocycles. The van der Waals surface area contributed by atoms with Gasteiger partial charge < -0.3 is 38.9 Å². The van der Waals surface area contributed by atoms with Crippen LogP contribution in [0, 0.1) is 0 Å². The van der Waals surface area contributed by atoms with E-state index in [1.54, 1.807) is 50.2 Å². The summed E-state index contributed by atoms with van der Waals surface area (Å²) in [6, 6.07) is 13.8. The first-order chi connectivity index (χ1) is 32.0. The quantitative estimate of drug-likeness (QED) is 0.0111. The van der Waals surface area contributed by atoms with Gasteiger partial charge in [0.1, 0.15) is 25.5 Å². The number of benzene rings is 2. The molecule has 0 saturated carbocycles. The molecule has 67 heavy (non-hydrogen) atoms. The topological polar surface area (TPSA) is 315 Å². The summed E-state index contributed by atoms with van der Waals surface area (Å²) in [4.78, 5) is 46.1. The van der Waals surface area contributed by atoms with E-state index in [0.717, 1.165) is 0 Å². The van der Waals surface area contributed by atoms with Crippen molar-refractivity contribution in [3.63, 3.8) is 0 Å². The first-order valence-electron chi connectivity index (χ1n) is 20.8. The Morgan fingerprint density at radius 2 is 1.22 bits per heavy atom. The zero-order chi connectivity index (χ0) is 49.1. The number of nitrogens with two attached hydrogens (primary N) is 1. The molecular weight excluding hydrogens is 907 g/mol. The summed E-state index contributed by atoms with van der Waals surface area (Å²) in [5.74, 6) is -1.07. The van der Waals surface area contributed by atoms with Crippen molar-refractivity contribution in [1.29, 1.82) is 0 Å². The number of hydrogen-bond acceptors (Lipinski definition) is 23. The van der Waals surface area contributed by atoms with E-state index in [-0.39, 0.29) is 84.9 Å². The van der Waals surface area contributed by atoms with Crippen LogP contribution in [0.3, 0.4) is 0 Å². The lowest BCUT2D eigenvalue weighted by Gasteiger charge is -2.25. The van der Waals surface area contributed by atoms with Gasteiger partial charge in [-0.05, 0) is 74.4 Å². The molecule has 1 aromatic heterocycles. The van der Waals surface area contributed by atoms with Gasteiger partial charge in [0.15, 0.2) is 23.1 Å². The highest BCUT2D eigenvalue weighted by Gasteiger charge is 2.27. The molecule has 0 amide bonds. The zero-order valence-electron chi connectivity index (χ0n) is 37.5. The molecule has 0 radical (unpaired) electrons. The number of aliphatic imine (C=N–C) groups is 1. The molecule has 0 spiro atoms. The lowest BCUT2D eigenvalue weighted by molar-refractivity contribution is -0.492. The highest BCUT2D eigenvalue weighted by Crippen LogP contribution is 2.30. The summed E-state index contributed by atoms with van der Waals surface area (Å²) in [6.45, 7) is 7.09. The van der Waals surface area contributed by atoms with Crippen molar-refractivity contribution in [2.75, 3.05) is 53.4 Å². The Hall–Kier alpha value is -6.16. The molecule has 1 heterocycles. The van der Waals surface area contributed by atoms with Gasteiger partial charge in [-0.3, -0.25) is 35.2 Å². The van der Waals surface area contributed by atoms with E-state index in [2.05, 4.69) is 35.9 Å². The highest BCUT2D eigenvalue weighted by atomic mass is 32.2. The average Bonchev–Trinajstić information content (AvgIpc) is 3.30. The maximum atomic E-state index is 13.9. The molecule has 24 nitrogen and oxygen atoms in total. The number of unbranched alkanes of at least 4 members (excludes halogenated alkanes) is 6. The zero-order valence-corrected chi connectivity index (χ0v) is 38.3. The van der Waals surface area contributed by atoms with E-state index in [1.165, 1.54) is 37.7 Å². The van der Waals surface area contributed by atoms with Gasteiger partial charge in [-0.2, -0.15) is 0 Å². The Balaban J connectivity index is 1.76. The van der Waals surface area contributed by atoms with Crippen molar-refractivity contribution in [3.05, 3.63) is 96.5 Å². The number of sulfonamides is 1. The summed E-state index contributed by atoms with van der Waals surface area (Å²) < 4.78 is 68.4. The minimum atomic E-state index is -4.45. The molecule has 25 heteroatoms. The molecule has 3 rings (SSSR count). The van der Waals surface area contributed by atoms with Gasteiger partial charge in [-0.15, -0.1) is 0 Å². The summed E-state index contributed by atoms with van der Waals surface area (Å²) in [6.07, 6.45) is 6.01. The second-order valence-electron chi connectivity index (χ2n) is 14.6. The van der Waals surface area contributed by atoms with E-state index in [9.17, 15) is 18.0 Å². The Bertz CT molecular complexity index is 2140. The summed E-state index contributed by atoms with van der Waals surface area (Å²) in [7, 11) is -3.05. The smallest absolute Gasteiger partial charge is 0.493 e. The predicted molar refractivity (Wildman–Crippen MR) is 233 cm³/mol. The SMILES string of the molecule is C=C(/N=C(OCCOC(=O)OCCCCCCON(O)O)\C(Oc1ccccc1OC)=C(/N)NS(=O)(=O)c1ccc(C(C)(C)COC(=O)OCCCCCCON(O)O)cc1)c1ncccn1. The van der Waals surface area contributed by atoms with Gasteiger partial charge in [0, 0.05) is 17.8 Å². The fourth-order valence-electron chi connectivity index (χ4n) is 5.52. The number of hydrogen-bond donors (Lipinski definition) is 6. The van der Waals surface area contributed by atoms with Crippen molar-refractivity contribution in [1.82, 2.24) is 25.5 Å². The van der Waals surface area contributed by atoms with E-state index < -0.39 is 45.2 Å². The molecule has 0 atom stereocenters. The number of para-hydroxylation sites is 2. The van der Waals surface area contributed by atoms with Crippen LogP contribution in [0.5, 0.6) is 11.5 Å². The second-order valence-corrected chi connectivity index (χ2v) is 16.3. The number of carbonyl (C=O) groups excluding carboxylic acids is 2. The monoisotopic (exact) mass is 965 g/mol. The molecule has 0 aliphatic heterocycles. The van der Waals surface area contributed by atoms with Crippen LogP contribution in [0.25, 0.3) is 5.70 Å². The minimum absolute atomic E-state index is 0.0430. The van der Waals surface area contributed by atoms with Gasteiger partial charge in [-0.25, -0.2) is 33.0 Å². The number of rotatable bonds is 31. The summed E-state index contributed by atoms with van der Waals surface area (Å²) in [5.41, 5.74) is 6.32. The highest BCUT2D eigenvalue weighted by molar-refractivity contribution is 7.89. The first-order valence-corrected chi connectivity index (χ1v) is 22.3. The van der Waals surface area contributed by atoms with Crippen LogP contribution >= 0.6 is 0 Å². The molecule has 0 aliphatic carbocycles. The Kier molecular flexibility index (Phi) is 24.3. The van der Waals surface area contributed by atoms with Crippen molar-refractivity contribution in [2.24, 2.45) is 10.7 Å². The molecule has 2 aromatic carbocycles. The van der Waals surface area contributed by atoms with Crippen molar-refractivity contribution in [2.45, 2.75) is 75.5 Å². The summed E-state index contributed by atoms with van der Waals surface area (Å²) in [5, 5.41) is 33.5. The van der Waals surface area contributed by atoms with Crippen LogP contribution in [0.15, 0.2) is 95.0 Å². The predicted octanol–water partition coefficient (Wildman–Crippen LogP) is 5.79. The number of methoxy groups -OCH3 is 1. The fraction of sp³-hybridized carbons (Fsp3) is 0.452. The largest absolute Gasteiger partial charge is 0.508 e. The normalized spacial score (nSPS) is 12.3. The molecule has 370 valence electrons. The van der Waals surface area contributed by atoms with Gasteiger partial charge >= 0.3 is 12.3 Å². The molecule has 7 N–H and O–H groups in total. The van der Waals surface area contributed by atoms with Crippen LogP contribution < -0.4 is 19.9 Å². The number of ether oxygens (including phenoxy) is 7. The Labute approximate surface area is 387 Å². The molecule has 3 aromatic rings. The van der Waals surface area contributed by atoms with Crippen LogP contribution in [0.4, 0.5) is 9.59 Å². The first kappa shape index (κ1) is 55.2. The van der Waals surface area contributed by atoms with Gasteiger partial charge in [0.25, 0.3) is 15.9 Å². The number of nitrogens with zero attached hydrogens (tertiary/aromatic N) is 5. The molecule has 0 aliphatic rings. The third-order valence-corrected chi connectivity index (χ3v) is 10.4. The summed E-state index contributed by atoms with van der Waals surface area (Å²) >= 11 is 0.